The molecular weight excluding hydrogens is 212 g/mol. The quantitative estimate of drug-likeness (QED) is 0.547. The molecule has 0 fully saturated rings. The molecule has 0 aromatic carbocycles. The van der Waals surface area contributed by atoms with Crippen molar-refractivity contribution >= 4 is 5.91 Å². The van der Waals surface area contributed by atoms with E-state index in [1.54, 1.807) is 0 Å². The normalized spacial score (nSPS) is 12.4. The summed E-state index contributed by atoms with van der Waals surface area (Å²) in [6.45, 7) is 4.88. The fourth-order valence-electron chi connectivity index (χ4n) is 1.96. The molecule has 1 amide bonds. The van der Waals surface area contributed by atoms with E-state index < -0.39 is 0 Å². The van der Waals surface area contributed by atoms with Crippen LogP contribution in [0.4, 0.5) is 0 Å². The fourth-order valence-corrected chi connectivity index (χ4v) is 1.96. The second-order valence-corrected chi connectivity index (χ2v) is 4.81. The summed E-state index contributed by atoms with van der Waals surface area (Å²) >= 11 is 0. The molecule has 1 atom stereocenters. The first kappa shape index (κ1) is 16.4. The molecule has 0 rings (SSSR count). The minimum Gasteiger partial charge on any atom is -0.352 e. The van der Waals surface area contributed by atoms with Gasteiger partial charge in [-0.2, -0.15) is 0 Å². The molecule has 0 aliphatic rings. The van der Waals surface area contributed by atoms with Gasteiger partial charge in [-0.3, -0.25) is 4.79 Å². The summed E-state index contributed by atoms with van der Waals surface area (Å²) in [7, 11) is 0. The molecule has 102 valence electrons. The lowest BCUT2D eigenvalue weighted by molar-refractivity contribution is -0.121. The Bertz CT molecular complexity index is 183. The van der Waals surface area contributed by atoms with Crippen molar-refractivity contribution in [3.05, 3.63) is 0 Å². The summed E-state index contributed by atoms with van der Waals surface area (Å²) in [6.07, 6.45) is 10.1. The van der Waals surface area contributed by atoms with Crippen molar-refractivity contribution in [1.29, 1.82) is 0 Å². The van der Waals surface area contributed by atoms with Crippen molar-refractivity contribution in [3.63, 3.8) is 0 Å². The molecule has 0 aliphatic carbocycles. The van der Waals surface area contributed by atoms with E-state index in [1.165, 1.54) is 32.1 Å². The van der Waals surface area contributed by atoms with Crippen molar-refractivity contribution in [2.75, 3.05) is 6.54 Å². The van der Waals surface area contributed by atoms with Crippen LogP contribution in [0.15, 0.2) is 0 Å². The van der Waals surface area contributed by atoms with Crippen LogP contribution in [-0.4, -0.2) is 18.5 Å². The number of unbranched alkanes of at least 4 members (excludes halogenated alkanes) is 5. The van der Waals surface area contributed by atoms with Gasteiger partial charge in [0.15, 0.2) is 0 Å². The van der Waals surface area contributed by atoms with Crippen LogP contribution < -0.4 is 11.1 Å². The van der Waals surface area contributed by atoms with E-state index in [4.69, 9.17) is 5.73 Å². The van der Waals surface area contributed by atoms with Gasteiger partial charge in [-0.05, 0) is 12.8 Å². The molecule has 3 heteroatoms. The number of amides is 1. The van der Waals surface area contributed by atoms with Crippen LogP contribution in [-0.2, 0) is 4.79 Å². The number of carbonyl (C=O) groups excluding carboxylic acids is 1. The Balaban J connectivity index is 3.44. The minimum atomic E-state index is 0.171. The molecule has 0 saturated heterocycles. The Morgan fingerprint density at radius 2 is 1.71 bits per heavy atom. The van der Waals surface area contributed by atoms with E-state index in [1.807, 2.05) is 0 Å². The Kier molecular flexibility index (Phi) is 11.5. The highest BCUT2D eigenvalue weighted by atomic mass is 16.1. The van der Waals surface area contributed by atoms with Crippen LogP contribution in [0.1, 0.15) is 71.6 Å². The summed E-state index contributed by atoms with van der Waals surface area (Å²) in [5, 5.41) is 3.01. The van der Waals surface area contributed by atoms with Crippen LogP contribution in [0.2, 0.25) is 0 Å². The van der Waals surface area contributed by atoms with E-state index in [-0.39, 0.29) is 11.9 Å². The molecule has 0 aliphatic heterocycles. The second kappa shape index (κ2) is 11.9. The molecule has 3 nitrogen and oxygen atoms in total. The predicted octanol–water partition coefficient (Wildman–Crippen LogP) is 2.98. The predicted molar refractivity (Wildman–Crippen MR) is 73.9 cm³/mol. The average molecular weight is 242 g/mol. The van der Waals surface area contributed by atoms with Gasteiger partial charge in [0, 0.05) is 19.0 Å². The highest BCUT2D eigenvalue weighted by molar-refractivity contribution is 5.76. The zero-order chi connectivity index (χ0) is 12.9. The molecule has 1 unspecified atom stereocenters. The van der Waals surface area contributed by atoms with Crippen molar-refractivity contribution in [1.82, 2.24) is 5.32 Å². The largest absolute Gasteiger partial charge is 0.352 e. The summed E-state index contributed by atoms with van der Waals surface area (Å²) in [5.41, 5.74) is 5.60. The summed E-state index contributed by atoms with van der Waals surface area (Å²) in [4.78, 5) is 11.6. The molecule has 0 spiro atoms. The van der Waals surface area contributed by atoms with Gasteiger partial charge in [0.05, 0.1) is 0 Å². The van der Waals surface area contributed by atoms with Crippen molar-refractivity contribution in [2.24, 2.45) is 5.73 Å². The summed E-state index contributed by atoms with van der Waals surface area (Å²) < 4.78 is 0. The Labute approximate surface area is 107 Å². The highest BCUT2D eigenvalue weighted by Gasteiger charge is 2.08. The molecule has 0 aromatic rings. The zero-order valence-corrected chi connectivity index (χ0v) is 11.6. The third kappa shape index (κ3) is 10.3. The van der Waals surface area contributed by atoms with Crippen LogP contribution in [0, 0.1) is 0 Å². The van der Waals surface area contributed by atoms with Gasteiger partial charge in [-0.15, -0.1) is 0 Å². The molecule has 0 saturated carbocycles. The lowest BCUT2D eigenvalue weighted by atomic mass is 10.1. The molecule has 0 heterocycles. The Hall–Kier alpha value is -0.570. The Morgan fingerprint density at radius 3 is 2.29 bits per heavy atom. The average Bonchev–Trinajstić information content (AvgIpc) is 2.33. The molecular formula is C14H30N2O. The molecule has 0 aromatic heterocycles. The van der Waals surface area contributed by atoms with Gasteiger partial charge in [0.25, 0.3) is 0 Å². The SMILES string of the molecule is CCCCCCCCC(=O)NC(CN)CCC. The third-order valence-corrected chi connectivity index (χ3v) is 3.04. The van der Waals surface area contributed by atoms with E-state index in [0.717, 1.165) is 19.3 Å². The second-order valence-electron chi connectivity index (χ2n) is 4.81. The molecule has 0 radical (unpaired) electrons. The van der Waals surface area contributed by atoms with Crippen molar-refractivity contribution < 1.29 is 4.79 Å². The number of carbonyl (C=O) groups is 1. The van der Waals surface area contributed by atoms with E-state index >= 15 is 0 Å². The van der Waals surface area contributed by atoms with Crippen LogP contribution in [0.3, 0.4) is 0 Å². The first-order valence-electron chi connectivity index (χ1n) is 7.24. The first-order chi connectivity index (χ1) is 8.24. The van der Waals surface area contributed by atoms with E-state index in [9.17, 15) is 4.79 Å². The van der Waals surface area contributed by atoms with Gasteiger partial charge in [0.2, 0.25) is 5.91 Å². The lowest BCUT2D eigenvalue weighted by Crippen LogP contribution is -2.39. The number of nitrogens with one attached hydrogen (secondary N) is 1. The van der Waals surface area contributed by atoms with Crippen LogP contribution in [0.25, 0.3) is 0 Å². The standard InChI is InChI=1S/C14H30N2O/c1-3-5-6-7-8-9-11-14(17)16-13(12-15)10-4-2/h13H,3-12,15H2,1-2H3,(H,16,17). The van der Waals surface area contributed by atoms with Crippen LogP contribution >= 0.6 is 0 Å². The maximum atomic E-state index is 11.6. The van der Waals surface area contributed by atoms with E-state index in [2.05, 4.69) is 19.2 Å². The highest BCUT2D eigenvalue weighted by Crippen LogP contribution is 2.07. The molecule has 17 heavy (non-hydrogen) atoms. The fraction of sp³-hybridized carbons (Fsp3) is 0.929. The van der Waals surface area contributed by atoms with Gasteiger partial charge >= 0.3 is 0 Å². The maximum absolute atomic E-state index is 11.6. The monoisotopic (exact) mass is 242 g/mol. The van der Waals surface area contributed by atoms with Gasteiger partial charge < -0.3 is 11.1 Å². The summed E-state index contributed by atoms with van der Waals surface area (Å²) in [6, 6.07) is 0.174. The van der Waals surface area contributed by atoms with Crippen LogP contribution in [0.5, 0.6) is 0 Å². The summed E-state index contributed by atoms with van der Waals surface area (Å²) in [5.74, 6) is 0.171. The van der Waals surface area contributed by atoms with Crippen molar-refractivity contribution in [3.8, 4) is 0 Å². The number of hydrogen-bond acceptors (Lipinski definition) is 2. The van der Waals surface area contributed by atoms with Crippen molar-refractivity contribution in [2.45, 2.75) is 77.7 Å². The smallest absolute Gasteiger partial charge is 0.220 e. The molecule has 3 N–H and O–H groups in total. The van der Waals surface area contributed by atoms with Gasteiger partial charge in [0.1, 0.15) is 0 Å². The maximum Gasteiger partial charge on any atom is 0.220 e. The van der Waals surface area contributed by atoms with Gasteiger partial charge in [-0.25, -0.2) is 0 Å². The minimum absolute atomic E-state index is 0.171. The number of nitrogens with two attached hydrogens (primary N) is 1. The number of rotatable bonds is 11. The zero-order valence-electron chi connectivity index (χ0n) is 11.6. The third-order valence-electron chi connectivity index (χ3n) is 3.04. The first-order valence-corrected chi connectivity index (χ1v) is 7.24. The lowest BCUT2D eigenvalue weighted by Gasteiger charge is -2.15. The van der Waals surface area contributed by atoms with Gasteiger partial charge in [-0.1, -0.05) is 52.4 Å². The topological polar surface area (TPSA) is 55.1 Å². The van der Waals surface area contributed by atoms with E-state index in [0.29, 0.717) is 13.0 Å². The molecule has 0 bridgehead atoms. The Morgan fingerprint density at radius 1 is 1.06 bits per heavy atom. The number of hydrogen-bond donors (Lipinski definition) is 2.